The highest BCUT2D eigenvalue weighted by Crippen LogP contribution is 2.23. The fraction of sp³-hybridized carbons (Fsp3) is 0.136. The van der Waals surface area contributed by atoms with E-state index in [2.05, 4.69) is 5.32 Å². The van der Waals surface area contributed by atoms with Gasteiger partial charge in [0.2, 0.25) is 0 Å². The number of para-hydroxylation sites is 1. The molecule has 0 atom stereocenters. The summed E-state index contributed by atoms with van der Waals surface area (Å²) in [6.07, 6.45) is 0. The third kappa shape index (κ3) is 4.07. The fourth-order valence-corrected chi connectivity index (χ4v) is 2.90. The molecule has 3 rings (SSSR count). The Morgan fingerprint density at radius 2 is 1.24 bits per heavy atom. The van der Waals surface area contributed by atoms with E-state index in [1.165, 1.54) is 0 Å². The second-order valence-corrected chi connectivity index (χ2v) is 5.78. The number of hydrogen-bond donors (Lipinski definition) is 1. The van der Waals surface area contributed by atoms with Crippen molar-refractivity contribution in [2.45, 2.75) is 13.0 Å². The van der Waals surface area contributed by atoms with Crippen LogP contribution < -0.4 is 10.2 Å². The summed E-state index contributed by atoms with van der Waals surface area (Å²) >= 11 is 0. The lowest BCUT2D eigenvalue weighted by Gasteiger charge is -2.26. The van der Waals surface area contributed by atoms with Crippen LogP contribution in [-0.2, 0) is 0 Å². The number of nitrogens with zero attached hydrogens (tertiary/aromatic N) is 1. The molecule has 0 aliphatic heterocycles. The van der Waals surface area contributed by atoms with Crippen LogP contribution >= 0.6 is 0 Å². The number of anilines is 1. The van der Waals surface area contributed by atoms with E-state index in [0.29, 0.717) is 6.54 Å². The smallest absolute Gasteiger partial charge is 0.322 e. The van der Waals surface area contributed by atoms with Crippen molar-refractivity contribution >= 4 is 11.7 Å². The molecule has 0 bridgehead atoms. The zero-order chi connectivity index (χ0) is 17.5. The van der Waals surface area contributed by atoms with Crippen LogP contribution in [0.2, 0.25) is 0 Å². The van der Waals surface area contributed by atoms with Crippen LogP contribution in [0.4, 0.5) is 10.5 Å². The van der Waals surface area contributed by atoms with Crippen LogP contribution in [0.15, 0.2) is 91.0 Å². The molecule has 1 N–H and O–H groups in total. The molecule has 2 amide bonds. The van der Waals surface area contributed by atoms with Gasteiger partial charge in [-0.25, -0.2) is 4.79 Å². The lowest BCUT2D eigenvalue weighted by atomic mass is 9.99. The van der Waals surface area contributed by atoms with Crippen LogP contribution in [0.5, 0.6) is 0 Å². The Hall–Kier alpha value is -3.07. The molecule has 25 heavy (non-hydrogen) atoms. The summed E-state index contributed by atoms with van der Waals surface area (Å²) in [6.45, 7) is 2.58. The average Bonchev–Trinajstić information content (AvgIpc) is 2.69. The van der Waals surface area contributed by atoms with E-state index in [9.17, 15) is 4.79 Å². The summed E-state index contributed by atoms with van der Waals surface area (Å²) in [5.41, 5.74) is 3.01. The van der Waals surface area contributed by atoms with Crippen LogP contribution in [0.25, 0.3) is 0 Å². The van der Waals surface area contributed by atoms with Gasteiger partial charge in [-0.2, -0.15) is 0 Å². The van der Waals surface area contributed by atoms with Crippen LogP contribution in [0, 0.1) is 0 Å². The summed E-state index contributed by atoms with van der Waals surface area (Å²) in [7, 11) is 0. The SMILES string of the molecule is CCN(C(=O)NC(c1ccccc1)c1ccccc1)c1ccccc1. The first-order chi connectivity index (χ1) is 12.3. The van der Waals surface area contributed by atoms with Gasteiger partial charge < -0.3 is 5.32 Å². The van der Waals surface area contributed by atoms with Gasteiger partial charge in [-0.15, -0.1) is 0 Å². The topological polar surface area (TPSA) is 32.3 Å². The number of hydrogen-bond acceptors (Lipinski definition) is 1. The highest BCUT2D eigenvalue weighted by Gasteiger charge is 2.20. The third-order valence-electron chi connectivity index (χ3n) is 4.16. The van der Waals surface area contributed by atoms with Crippen molar-refractivity contribution in [3.63, 3.8) is 0 Å². The predicted molar refractivity (Wildman–Crippen MR) is 103 cm³/mol. The standard InChI is InChI=1S/C22H22N2O/c1-2-24(20-16-10-5-11-17-20)22(25)23-21(18-12-6-3-7-13-18)19-14-8-4-9-15-19/h3-17,21H,2H2,1H3,(H,23,25). The summed E-state index contributed by atoms with van der Waals surface area (Å²) < 4.78 is 0. The Bertz CT molecular complexity index is 749. The van der Waals surface area contributed by atoms with E-state index in [4.69, 9.17) is 0 Å². The summed E-state index contributed by atoms with van der Waals surface area (Å²) in [5, 5.41) is 3.19. The van der Waals surface area contributed by atoms with Gasteiger partial charge in [-0.3, -0.25) is 4.90 Å². The number of carbonyl (C=O) groups is 1. The third-order valence-corrected chi connectivity index (χ3v) is 4.16. The molecular formula is C22H22N2O. The molecule has 0 spiro atoms. The molecule has 0 aliphatic rings. The van der Waals surface area contributed by atoms with Crippen LogP contribution in [0.1, 0.15) is 24.1 Å². The molecule has 0 aliphatic carbocycles. The van der Waals surface area contributed by atoms with E-state index in [-0.39, 0.29) is 12.1 Å². The minimum atomic E-state index is -0.187. The zero-order valence-electron chi connectivity index (χ0n) is 14.3. The van der Waals surface area contributed by atoms with Crippen molar-refractivity contribution in [2.75, 3.05) is 11.4 Å². The number of carbonyl (C=O) groups excluding carboxylic acids is 1. The molecule has 0 unspecified atom stereocenters. The zero-order valence-corrected chi connectivity index (χ0v) is 14.3. The predicted octanol–water partition coefficient (Wildman–Crippen LogP) is 5.01. The van der Waals surface area contributed by atoms with E-state index in [0.717, 1.165) is 16.8 Å². The Morgan fingerprint density at radius 3 is 1.68 bits per heavy atom. The van der Waals surface area contributed by atoms with E-state index in [1.54, 1.807) is 4.90 Å². The lowest BCUT2D eigenvalue weighted by molar-refractivity contribution is 0.244. The minimum Gasteiger partial charge on any atom is -0.327 e. The maximum absolute atomic E-state index is 12.9. The van der Waals surface area contributed by atoms with E-state index in [1.807, 2.05) is 97.9 Å². The maximum atomic E-state index is 12.9. The Labute approximate surface area is 148 Å². The Morgan fingerprint density at radius 1 is 0.800 bits per heavy atom. The number of rotatable bonds is 5. The van der Waals surface area contributed by atoms with Gasteiger partial charge in [0, 0.05) is 12.2 Å². The molecule has 0 saturated carbocycles. The lowest BCUT2D eigenvalue weighted by Crippen LogP contribution is -2.42. The monoisotopic (exact) mass is 330 g/mol. The van der Waals surface area contributed by atoms with Crippen LogP contribution in [0.3, 0.4) is 0 Å². The average molecular weight is 330 g/mol. The van der Waals surface area contributed by atoms with Gasteiger partial charge >= 0.3 is 6.03 Å². The van der Waals surface area contributed by atoms with Crippen molar-refractivity contribution in [3.05, 3.63) is 102 Å². The second kappa shape index (κ2) is 8.15. The normalized spacial score (nSPS) is 10.5. The molecule has 3 nitrogen and oxygen atoms in total. The van der Waals surface area contributed by atoms with E-state index < -0.39 is 0 Å². The Balaban J connectivity index is 1.88. The largest absolute Gasteiger partial charge is 0.327 e. The molecule has 3 heteroatoms. The van der Waals surface area contributed by atoms with Crippen molar-refractivity contribution in [1.82, 2.24) is 5.32 Å². The van der Waals surface area contributed by atoms with Crippen molar-refractivity contribution in [3.8, 4) is 0 Å². The van der Waals surface area contributed by atoms with Crippen molar-refractivity contribution < 1.29 is 4.79 Å². The quantitative estimate of drug-likeness (QED) is 0.700. The van der Waals surface area contributed by atoms with Gasteiger partial charge in [0.15, 0.2) is 0 Å². The highest BCUT2D eigenvalue weighted by atomic mass is 16.2. The fourth-order valence-electron chi connectivity index (χ4n) is 2.90. The summed E-state index contributed by atoms with van der Waals surface area (Å²) in [4.78, 5) is 14.7. The first kappa shape index (κ1) is 16.8. The molecule has 3 aromatic rings. The molecule has 126 valence electrons. The first-order valence-electron chi connectivity index (χ1n) is 8.52. The Kier molecular flexibility index (Phi) is 5.47. The van der Waals surface area contributed by atoms with Crippen molar-refractivity contribution in [2.24, 2.45) is 0 Å². The summed E-state index contributed by atoms with van der Waals surface area (Å²) in [5.74, 6) is 0. The molecule has 0 saturated heterocycles. The molecular weight excluding hydrogens is 308 g/mol. The number of urea groups is 1. The molecule has 0 radical (unpaired) electrons. The van der Waals surface area contributed by atoms with E-state index >= 15 is 0 Å². The summed E-state index contributed by atoms with van der Waals surface area (Å²) in [6, 6.07) is 29.5. The van der Waals surface area contributed by atoms with Gasteiger partial charge in [0.05, 0.1) is 6.04 Å². The van der Waals surface area contributed by atoms with Crippen LogP contribution in [-0.4, -0.2) is 12.6 Å². The van der Waals surface area contributed by atoms with Crippen molar-refractivity contribution in [1.29, 1.82) is 0 Å². The molecule has 0 fully saturated rings. The second-order valence-electron chi connectivity index (χ2n) is 5.78. The number of benzene rings is 3. The first-order valence-corrected chi connectivity index (χ1v) is 8.52. The molecule has 3 aromatic carbocycles. The van der Waals surface area contributed by atoms with Gasteiger partial charge in [0.25, 0.3) is 0 Å². The highest BCUT2D eigenvalue weighted by molar-refractivity contribution is 5.92. The van der Waals surface area contributed by atoms with Gasteiger partial charge in [0.1, 0.15) is 0 Å². The number of amides is 2. The van der Waals surface area contributed by atoms with Gasteiger partial charge in [-0.1, -0.05) is 78.9 Å². The number of nitrogens with one attached hydrogen (secondary N) is 1. The van der Waals surface area contributed by atoms with Gasteiger partial charge in [-0.05, 0) is 30.2 Å². The minimum absolute atomic E-state index is 0.105. The molecule has 0 heterocycles. The maximum Gasteiger partial charge on any atom is 0.322 e. The molecule has 0 aromatic heterocycles.